The summed E-state index contributed by atoms with van der Waals surface area (Å²) in [5.74, 6) is -2.14. The zero-order valence-corrected chi connectivity index (χ0v) is 11.7. The molecule has 1 aromatic rings. The largest absolute Gasteiger partial charge is 0.464 e. The molecule has 0 aliphatic carbocycles. The molecule has 1 amide bonds. The number of ether oxygens (including phenoxy) is 1. The summed E-state index contributed by atoms with van der Waals surface area (Å²) in [5, 5.41) is 7.20. The van der Waals surface area contributed by atoms with Crippen LogP contribution in [-0.2, 0) is 19.6 Å². The topological polar surface area (TPSA) is 116 Å². The minimum absolute atomic E-state index is 0.0706. The quantitative estimate of drug-likeness (QED) is 0.696. The Kier molecular flexibility index (Phi) is 5.66. The molecule has 0 saturated carbocycles. The summed E-state index contributed by atoms with van der Waals surface area (Å²) in [6.07, 6.45) is 0. The van der Waals surface area contributed by atoms with E-state index in [-0.39, 0.29) is 6.61 Å². The molecule has 1 rings (SSSR count). The molecule has 3 N–H and O–H groups in total. The van der Waals surface area contributed by atoms with Gasteiger partial charge in [0.15, 0.2) is 0 Å². The number of hydrogen-bond donors (Lipinski definition) is 2. The van der Waals surface area contributed by atoms with Crippen molar-refractivity contribution in [3.05, 3.63) is 35.9 Å². The van der Waals surface area contributed by atoms with Gasteiger partial charge in [0, 0.05) is 5.56 Å². The van der Waals surface area contributed by atoms with Crippen LogP contribution in [-0.4, -0.2) is 38.7 Å². The van der Waals surface area contributed by atoms with Crippen LogP contribution in [0.5, 0.6) is 0 Å². The number of carbonyl (C=O) groups excluding carboxylic acids is 2. The molecule has 0 fully saturated rings. The second-order valence-corrected chi connectivity index (χ2v) is 5.63. The molecular formula is C12H16N2O5S. The number of nitrogens with two attached hydrogens (primary N) is 1. The first-order valence-electron chi connectivity index (χ1n) is 5.86. The Bertz CT molecular complexity index is 571. The first-order valence-corrected chi connectivity index (χ1v) is 7.58. The molecule has 1 atom stereocenters. The second-order valence-electron chi connectivity index (χ2n) is 3.97. The monoisotopic (exact) mass is 300 g/mol. The number of hydrogen-bond acceptors (Lipinski definition) is 5. The zero-order valence-electron chi connectivity index (χ0n) is 10.9. The minimum Gasteiger partial charge on any atom is -0.464 e. The van der Waals surface area contributed by atoms with E-state index in [9.17, 15) is 18.0 Å². The van der Waals surface area contributed by atoms with Crippen molar-refractivity contribution in [1.82, 2.24) is 5.32 Å². The normalized spacial score (nSPS) is 12.5. The maximum atomic E-state index is 11.9. The van der Waals surface area contributed by atoms with Crippen LogP contribution < -0.4 is 10.5 Å². The summed E-state index contributed by atoms with van der Waals surface area (Å²) in [4.78, 5) is 23.5. The molecule has 0 bridgehead atoms. The molecule has 0 aliphatic rings. The van der Waals surface area contributed by atoms with E-state index in [1.165, 1.54) is 12.1 Å². The minimum atomic E-state index is -3.93. The highest BCUT2D eigenvalue weighted by Crippen LogP contribution is 2.01. The second kappa shape index (κ2) is 7.01. The molecule has 0 aromatic heterocycles. The van der Waals surface area contributed by atoms with Crippen LogP contribution in [0.4, 0.5) is 0 Å². The molecule has 0 spiro atoms. The van der Waals surface area contributed by atoms with Crippen LogP contribution in [0.2, 0.25) is 0 Å². The maximum absolute atomic E-state index is 11.9. The molecule has 8 heteroatoms. The summed E-state index contributed by atoms with van der Waals surface area (Å²) in [7, 11) is -3.93. The van der Waals surface area contributed by atoms with Gasteiger partial charge < -0.3 is 10.1 Å². The predicted molar refractivity (Wildman–Crippen MR) is 72.3 cm³/mol. The third-order valence-corrected chi connectivity index (χ3v) is 3.11. The zero-order chi connectivity index (χ0) is 15.2. The number of esters is 1. The van der Waals surface area contributed by atoms with Crippen LogP contribution in [0.1, 0.15) is 17.3 Å². The number of sulfonamides is 1. The lowest BCUT2D eigenvalue weighted by molar-refractivity contribution is -0.144. The van der Waals surface area contributed by atoms with Gasteiger partial charge in [-0.05, 0) is 19.1 Å². The molecule has 0 heterocycles. The highest BCUT2D eigenvalue weighted by atomic mass is 32.2. The molecule has 7 nitrogen and oxygen atoms in total. The van der Waals surface area contributed by atoms with Gasteiger partial charge in [-0.1, -0.05) is 18.2 Å². The van der Waals surface area contributed by atoms with E-state index in [2.05, 4.69) is 5.32 Å². The standard InChI is InChI=1S/C12H16N2O5S/c1-2-19-12(16)10(8-20(13,17)18)14-11(15)9-6-4-3-5-7-9/h3-7,10H,2,8H2,1H3,(H,14,15)(H2,13,17,18). The maximum Gasteiger partial charge on any atom is 0.329 e. The fraction of sp³-hybridized carbons (Fsp3) is 0.333. The number of amides is 1. The average molecular weight is 300 g/mol. The number of rotatable bonds is 6. The Morgan fingerprint density at radius 1 is 1.30 bits per heavy atom. The van der Waals surface area contributed by atoms with Crippen molar-refractivity contribution < 1.29 is 22.7 Å². The lowest BCUT2D eigenvalue weighted by Gasteiger charge is -2.16. The fourth-order valence-corrected chi connectivity index (χ4v) is 2.16. The van der Waals surface area contributed by atoms with E-state index in [1.807, 2.05) is 0 Å². The van der Waals surface area contributed by atoms with Gasteiger partial charge in [0.25, 0.3) is 5.91 Å². The highest BCUT2D eigenvalue weighted by molar-refractivity contribution is 7.89. The van der Waals surface area contributed by atoms with Gasteiger partial charge in [-0.15, -0.1) is 0 Å². The van der Waals surface area contributed by atoms with Crippen LogP contribution in [0.15, 0.2) is 30.3 Å². The SMILES string of the molecule is CCOC(=O)C(CS(N)(=O)=O)NC(=O)c1ccccc1. The van der Waals surface area contributed by atoms with Crippen molar-refractivity contribution in [2.75, 3.05) is 12.4 Å². The third-order valence-electron chi connectivity index (χ3n) is 2.31. The van der Waals surface area contributed by atoms with Crippen molar-refractivity contribution in [3.8, 4) is 0 Å². The predicted octanol–water partition coefficient (Wildman–Crippen LogP) is -0.363. The van der Waals surface area contributed by atoms with Gasteiger partial charge in [0.2, 0.25) is 10.0 Å². The summed E-state index contributed by atoms with van der Waals surface area (Å²) in [5.41, 5.74) is 0.302. The smallest absolute Gasteiger partial charge is 0.329 e. The van der Waals surface area contributed by atoms with Crippen LogP contribution in [0.3, 0.4) is 0 Å². The highest BCUT2D eigenvalue weighted by Gasteiger charge is 2.26. The van der Waals surface area contributed by atoms with Crippen LogP contribution >= 0.6 is 0 Å². The molecule has 20 heavy (non-hydrogen) atoms. The van der Waals surface area contributed by atoms with Crippen molar-refractivity contribution >= 4 is 21.9 Å². The van der Waals surface area contributed by atoms with E-state index in [0.29, 0.717) is 5.56 Å². The Labute approximate surface area is 117 Å². The Morgan fingerprint density at radius 2 is 1.90 bits per heavy atom. The Hall–Kier alpha value is -1.93. The molecule has 110 valence electrons. The third kappa shape index (κ3) is 5.37. The lowest BCUT2D eigenvalue weighted by Crippen LogP contribution is -2.47. The summed E-state index contributed by atoms with van der Waals surface area (Å²) in [6.45, 7) is 1.64. The first kappa shape index (κ1) is 16.1. The Morgan fingerprint density at radius 3 is 2.40 bits per heavy atom. The van der Waals surface area contributed by atoms with E-state index >= 15 is 0 Å². The Balaban J connectivity index is 2.84. The van der Waals surface area contributed by atoms with E-state index < -0.39 is 33.7 Å². The van der Waals surface area contributed by atoms with Gasteiger partial charge in [-0.3, -0.25) is 4.79 Å². The van der Waals surface area contributed by atoms with Crippen molar-refractivity contribution in [2.45, 2.75) is 13.0 Å². The molecular weight excluding hydrogens is 284 g/mol. The number of primary sulfonamides is 1. The van der Waals surface area contributed by atoms with Crippen molar-refractivity contribution in [3.63, 3.8) is 0 Å². The van der Waals surface area contributed by atoms with Gasteiger partial charge in [-0.25, -0.2) is 18.4 Å². The average Bonchev–Trinajstić information content (AvgIpc) is 2.37. The van der Waals surface area contributed by atoms with Crippen molar-refractivity contribution in [1.29, 1.82) is 0 Å². The fourth-order valence-electron chi connectivity index (χ4n) is 1.47. The number of benzene rings is 1. The number of carbonyl (C=O) groups is 2. The van der Waals surface area contributed by atoms with E-state index in [4.69, 9.17) is 9.88 Å². The van der Waals surface area contributed by atoms with Gasteiger partial charge >= 0.3 is 5.97 Å². The molecule has 1 unspecified atom stereocenters. The molecule has 0 saturated heterocycles. The summed E-state index contributed by atoms with van der Waals surface area (Å²) < 4.78 is 26.9. The lowest BCUT2D eigenvalue weighted by atomic mass is 10.2. The van der Waals surface area contributed by atoms with Gasteiger partial charge in [-0.2, -0.15) is 0 Å². The van der Waals surface area contributed by atoms with Gasteiger partial charge in [0.1, 0.15) is 6.04 Å². The van der Waals surface area contributed by atoms with Crippen LogP contribution in [0.25, 0.3) is 0 Å². The molecule has 1 aromatic carbocycles. The molecule has 0 radical (unpaired) electrons. The molecule has 0 aliphatic heterocycles. The van der Waals surface area contributed by atoms with Crippen LogP contribution in [0, 0.1) is 0 Å². The van der Waals surface area contributed by atoms with E-state index in [1.54, 1.807) is 25.1 Å². The number of nitrogens with one attached hydrogen (secondary N) is 1. The summed E-state index contributed by atoms with van der Waals surface area (Å²) in [6, 6.07) is 6.76. The summed E-state index contributed by atoms with van der Waals surface area (Å²) >= 11 is 0. The van der Waals surface area contributed by atoms with Crippen molar-refractivity contribution in [2.24, 2.45) is 5.14 Å². The van der Waals surface area contributed by atoms with E-state index in [0.717, 1.165) is 0 Å². The van der Waals surface area contributed by atoms with Gasteiger partial charge in [0.05, 0.1) is 12.4 Å². The first-order chi connectivity index (χ1) is 9.33.